The van der Waals surface area contributed by atoms with Gasteiger partial charge in [-0.05, 0) is 0 Å². The van der Waals surface area contributed by atoms with Crippen LogP contribution in [0.2, 0.25) is 0 Å². The summed E-state index contributed by atoms with van der Waals surface area (Å²) in [5.74, 6) is -1.92. The molecule has 1 unspecified atom stereocenters. The van der Waals surface area contributed by atoms with Crippen LogP contribution in [-0.2, 0) is 29.6 Å². The standard InChI is InChI=1S/C12H18F5N3O6S3/c13-11(14,3-8-28(22,23)18-27-12(15,16)17)29(24,25)20-6-4-19(5-7-20)9-1-2-10(21)26-9/h9,18H,1-8H2. The molecule has 170 valence electrons. The maximum Gasteiger partial charge on any atom is 0.457 e. The van der Waals surface area contributed by atoms with Crippen LogP contribution in [0.25, 0.3) is 0 Å². The van der Waals surface area contributed by atoms with Gasteiger partial charge in [-0.25, -0.2) is 16.8 Å². The lowest BCUT2D eigenvalue weighted by Crippen LogP contribution is -2.55. The molecule has 0 amide bonds. The Morgan fingerprint density at radius 2 is 1.66 bits per heavy atom. The number of cyclic esters (lactones) is 1. The Morgan fingerprint density at radius 1 is 1.07 bits per heavy atom. The van der Waals surface area contributed by atoms with Gasteiger partial charge in [0, 0.05) is 51.0 Å². The van der Waals surface area contributed by atoms with Crippen LogP contribution in [0.5, 0.6) is 0 Å². The lowest BCUT2D eigenvalue weighted by Gasteiger charge is -2.37. The molecule has 2 fully saturated rings. The second-order valence-corrected chi connectivity index (χ2v) is 11.3. The summed E-state index contributed by atoms with van der Waals surface area (Å²) in [5.41, 5.74) is -4.96. The summed E-state index contributed by atoms with van der Waals surface area (Å²) < 4.78 is 118. The van der Waals surface area contributed by atoms with Gasteiger partial charge in [0.25, 0.3) is 10.0 Å². The highest BCUT2D eigenvalue weighted by Crippen LogP contribution is 2.32. The zero-order valence-corrected chi connectivity index (χ0v) is 17.1. The average molecular weight is 491 g/mol. The molecule has 2 saturated heterocycles. The first-order valence-electron chi connectivity index (χ1n) is 8.18. The number of sulfonamides is 2. The normalized spacial score (nSPS) is 23.3. The van der Waals surface area contributed by atoms with Crippen molar-refractivity contribution in [3.05, 3.63) is 0 Å². The van der Waals surface area contributed by atoms with E-state index in [4.69, 9.17) is 4.74 Å². The number of hydrogen-bond donors (Lipinski definition) is 1. The fourth-order valence-electron chi connectivity index (χ4n) is 2.72. The van der Waals surface area contributed by atoms with Crippen molar-refractivity contribution in [3.63, 3.8) is 0 Å². The fraction of sp³-hybridized carbons (Fsp3) is 0.917. The fourth-order valence-corrected chi connectivity index (χ4v) is 5.98. The summed E-state index contributed by atoms with van der Waals surface area (Å²) in [6.45, 7) is -0.619. The molecule has 0 aromatic carbocycles. The van der Waals surface area contributed by atoms with E-state index in [-0.39, 0.29) is 32.6 Å². The first kappa shape index (κ1) is 24.5. The largest absolute Gasteiger partial charge is 0.457 e. The lowest BCUT2D eigenvalue weighted by molar-refractivity contribution is -0.149. The first-order chi connectivity index (χ1) is 13.1. The molecule has 29 heavy (non-hydrogen) atoms. The van der Waals surface area contributed by atoms with Gasteiger partial charge in [0.05, 0.1) is 12.2 Å². The van der Waals surface area contributed by atoms with Gasteiger partial charge in [-0.2, -0.15) is 30.4 Å². The minimum absolute atomic E-state index is 0.0231. The van der Waals surface area contributed by atoms with Gasteiger partial charge in [0.15, 0.2) is 6.23 Å². The Bertz CT molecular complexity index is 812. The van der Waals surface area contributed by atoms with E-state index in [0.717, 1.165) is 4.13 Å². The number of esters is 1. The molecule has 0 aromatic heterocycles. The number of ether oxygens (including phenoxy) is 1. The first-order valence-corrected chi connectivity index (χ1v) is 12.1. The van der Waals surface area contributed by atoms with Crippen molar-refractivity contribution >= 4 is 38.0 Å². The molecule has 17 heteroatoms. The SMILES string of the molecule is O=C1CCC(N2CCN(S(=O)(=O)C(F)(F)CCS(=O)(=O)NSC(F)(F)F)CC2)O1. The van der Waals surface area contributed by atoms with Crippen LogP contribution < -0.4 is 4.13 Å². The molecule has 0 spiro atoms. The van der Waals surface area contributed by atoms with Gasteiger partial charge < -0.3 is 4.74 Å². The summed E-state index contributed by atoms with van der Waals surface area (Å²) in [5, 5.41) is -4.49. The van der Waals surface area contributed by atoms with Gasteiger partial charge in [-0.3, -0.25) is 9.69 Å². The number of piperazine rings is 1. The van der Waals surface area contributed by atoms with Gasteiger partial charge >= 0.3 is 16.7 Å². The molecule has 1 N–H and O–H groups in total. The number of hydrogen-bond acceptors (Lipinski definition) is 8. The summed E-state index contributed by atoms with van der Waals surface area (Å²) in [6, 6.07) is 0. The van der Waals surface area contributed by atoms with Crippen molar-refractivity contribution < 1.29 is 48.3 Å². The average Bonchev–Trinajstić information content (AvgIpc) is 3.04. The van der Waals surface area contributed by atoms with Gasteiger partial charge in [-0.1, -0.05) is 0 Å². The van der Waals surface area contributed by atoms with E-state index in [1.807, 2.05) is 0 Å². The van der Waals surface area contributed by atoms with Crippen LogP contribution >= 0.6 is 11.9 Å². The maximum atomic E-state index is 14.2. The number of carbonyl (C=O) groups excluding carboxylic acids is 1. The lowest BCUT2D eigenvalue weighted by atomic mass is 10.3. The van der Waals surface area contributed by atoms with Crippen LogP contribution in [0.4, 0.5) is 22.0 Å². The Labute approximate surface area is 168 Å². The predicted octanol–water partition coefficient (Wildman–Crippen LogP) is 0.667. The number of alkyl halides is 5. The minimum Gasteiger partial charge on any atom is -0.446 e. The van der Waals surface area contributed by atoms with E-state index in [9.17, 15) is 43.6 Å². The highest BCUT2D eigenvalue weighted by atomic mass is 32.3. The number of carbonyl (C=O) groups is 1. The van der Waals surface area contributed by atoms with Crippen molar-refractivity contribution in [2.75, 3.05) is 31.9 Å². The Kier molecular flexibility index (Phi) is 7.42. The number of nitrogens with one attached hydrogen (secondary N) is 1. The number of rotatable bonds is 8. The highest BCUT2D eigenvalue weighted by Gasteiger charge is 2.50. The molecule has 0 saturated carbocycles. The smallest absolute Gasteiger partial charge is 0.446 e. The van der Waals surface area contributed by atoms with Crippen LogP contribution in [0.1, 0.15) is 19.3 Å². The zero-order valence-electron chi connectivity index (χ0n) is 14.7. The van der Waals surface area contributed by atoms with Crippen molar-refractivity contribution in [2.24, 2.45) is 0 Å². The van der Waals surface area contributed by atoms with Gasteiger partial charge in [0.2, 0.25) is 10.0 Å². The van der Waals surface area contributed by atoms with Crippen LogP contribution in [0, 0.1) is 0 Å². The third-order valence-corrected chi connectivity index (χ3v) is 8.53. The van der Waals surface area contributed by atoms with E-state index in [0.29, 0.717) is 10.7 Å². The maximum absolute atomic E-state index is 14.2. The number of nitrogens with zero attached hydrogens (tertiary/aromatic N) is 2. The predicted molar refractivity (Wildman–Crippen MR) is 91.3 cm³/mol. The molecular formula is C12H18F5N3O6S3. The van der Waals surface area contributed by atoms with Crippen molar-refractivity contribution in [3.8, 4) is 0 Å². The number of halogens is 5. The molecule has 2 aliphatic rings. The highest BCUT2D eigenvalue weighted by molar-refractivity contribution is 8.09. The summed E-state index contributed by atoms with van der Waals surface area (Å²) >= 11 is -1.15. The molecule has 0 aliphatic carbocycles. The molecule has 1 atom stereocenters. The summed E-state index contributed by atoms with van der Waals surface area (Å²) in [7, 11) is -10.0. The quantitative estimate of drug-likeness (QED) is 0.300. The topological polar surface area (TPSA) is 113 Å². The second-order valence-electron chi connectivity index (χ2n) is 6.26. The zero-order chi connectivity index (χ0) is 22.1. The molecule has 2 aliphatic heterocycles. The molecule has 0 bridgehead atoms. The molecule has 2 rings (SSSR count). The molecule has 2 heterocycles. The third-order valence-electron chi connectivity index (χ3n) is 4.21. The third kappa shape index (κ3) is 6.61. The second kappa shape index (κ2) is 8.78. The molecule has 0 radical (unpaired) electrons. The Balaban J connectivity index is 1.92. The molecule has 9 nitrogen and oxygen atoms in total. The van der Waals surface area contributed by atoms with Gasteiger partial charge in [0.1, 0.15) is 0 Å². The van der Waals surface area contributed by atoms with E-state index in [1.54, 1.807) is 4.90 Å². The van der Waals surface area contributed by atoms with Crippen LogP contribution in [-0.4, -0.2) is 80.9 Å². The van der Waals surface area contributed by atoms with Crippen LogP contribution in [0.15, 0.2) is 0 Å². The van der Waals surface area contributed by atoms with Crippen molar-refractivity contribution in [1.82, 2.24) is 13.3 Å². The summed E-state index contributed by atoms with van der Waals surface area (Å²) in [6.07, 6.45) is -1.64. The minimum atomic E-state index is -5.24. The van der Waals surface area contributed by atoms with Crippen LogP contribution in [0.3, 0.4) is 0 Å². The van der Waals surface area contributed by atoms with Crippen molar-refractivity contribution in [2.45, 2.75) is 36.3 Å². The Morgan fingerprint density at radius 3 is 2.14 bits per heavy atom. The Hall–Kier alpha value is -0.750. The summed E-state index contributed by atoms with van der Waals surface area (Å²) in [4.78, 5) is 12.8. The molecule has 0 aromatic rings. The van der Waals surface area contributed by atoms with E-state index >= 15 is 0 Å². The van der Waals surface area contributed by atoms with E-state index < -0.39 is 67.1 Å². The van der Waals surface area contributed by atoms with Gasteiger partial charge in [-0.15, -0.1) is 0 Å². The monoisotopic (exact) mass is 491 g/mol. The molecular weight excluding hydrogens is 473 g/mol. The van der Waals surface area contributed by atoms with E-state index in [1.165, 1.54) is 0 Å². The van der Waals surface area contributed by atoms with E-state index in [2.05, 4.69) is 0 Å². The van der Waals surface area contributed by atoms with Crippen molar-refractivity contribution in [1.29, 1.82) is 0 Å².